The van der Waals surface area contributed by atoms with E-state index in [1.54, 1.807) is 6.92 Å². The number of carbonyl (C=O) groups is 2. The maximum Gasteiger partial charge on any atom is 0.325 e. The summed E-state index contributed by atoms with van der Waals surface area (Å²) in [5.41, 5.74) is 5.31. The highest BCUT2D eigenvalue weighted by Gasteiger charge is 2.15. The normalized spacial score (nSPS) is 12.0. The molecule has 1 amide bonds. The average Bonchev–Trinajstić information content (AvgIpc) is 2.02. The number of ether oxygens (including phenoxy) is 1. The molecule has 1 unspecified atom stereocenters. The molecule has 0 heterocycles. The largest absolute Gasteiger partial charge is 0.468 e. The fraction of sp³-hybridized carbons (Fsp3) is 0.714. The summed E-state index contributed by atoms with van der Waals surface area (Å²) in [4.78, 5) is 23.0. The second kappa shape index (κ2) is 4.71. The Bertz CT molecular complexity index is 179. The van der Waals surface area contributed by atoms with E-state index in [2.05, 4.69) is 4.74 Å². The lowest BCUT2D eigenvalue weighted by Crippen LogP contribution is -2.42. The fourth-order valence-electron chi connectivity index (χ4n) is 0.684. The summed E-state index contributed by atoms with van der Waals surface area (Å²) in [7, 11) is 2.77. The van der Waals surface area contributed by atoms with Crippen LogP contribution in [0, 0.1) is 0 Å². The van der Waals surface area contributed by atoms with E-state index in [4.69, 9.17) is 5.73 Å². The molecule has 0 radical (unpaired) electrons. The first-order valence-electron chi connectivity index (χ1n) is 3.56. The molecule has 0 aromatic carbocycles. The summed E-state index contributed by atoms with van der Waals surface area (Å²) >= 11 is 0. The predicted molar refractivity (Wildman–Crippen MR) is 43.3 cm³/mol. The van der Waals surface area contributed by atoms with Crippen LogP contribution in [0.5, 0.6) is 0 Å². The van der Waals surface area contributed by atoms with Crippen molar-refractivity contribution in [2.45, 2.75) is 13.0 Å². The molecule has 0 saturated heterocycles. The molecule has 5 nitrogen and oxygen atoms in total. The third-order valence-electron chi connectivity index (χ3n) is 1.36. The standard InChI is InChI=1S/C7H14N2O3/c1-5(8)7(11)9(2)4-6(10)12-3/h5H,4,8H2,1-3H3. The molecule has 0 saturated carbocycles. The zero-order chi connectivity index (χ0) is 9.72. The molecule has 0 aromatic rings. The molecule has 0 bridgehead atoms. The Labute approximate surface area is 71.5 Å². The van der Waals surface area contributed by atoms with Crippen LogP contribution < -0.4 is 5.73 Å². The van der Waals surface area contributed by atoms with Gasteiger partial charge in [-0.3, -0.25) is 9.59 Å². The molecule has 12 heavy (non-hydrogen) atoms. The van der Waals surface area contributed by atoms with Crippen LogP contribution in [-0.2, 0) is 14.3 Å². The number of amides is 1. The number of esters is 1. The van der Waals surface area contributed by atoms with Crippen molar-refractivity contribution in [3.05, 3.63) is 0 Å². The van der Waals surface area contributed by atoms with Gasteiger partial charge in [0.25, 0.3) is 0 Å². The van der Waals surface area contributed by atoms with E-state index in [0.717, 1.165) is 0 Å². The van der Waals surface area contributed by atoms with Crippen molar-refractivity contribution in [1.82, 2.24) is 4.90 Å². The Kier molecular flexibility index (Phi) is 4.28. The zero-order valence-corrected chi connectivity index (χ0v) is 7.53. The first-order chi connectivity index (χ1) is 5.49. The van der Waals surface area contributed by atoms with Crippen LogP contribution in [0.4, 0.5) is 0 Å². The van der Waals surface area contributed by atoms with E-state index in [9.17, 15) is 9.59 Å². The molecule has 5 heteroatoms. The minimum absolute atomic E-state index is 0.0587. The summed E-state index contributed by atoms with van der Waals surface area (Å²) in [6.45, 7) is 1.51. The molecule has 0 aromatic heterocycles. The molecule has 70 valence electrons. The molecule has 0 aliphatic heterocycles. The van der Waals surface area contributed by atoms with Crippen molar-refractivity contribution >= 4 is 11.9 Å². The third-order valence-corrected chi connectivity index (χ3v) is 1.36. The third kappa shape index (κ3) is 3.34. The van der Waals surface area contributed by atoms with Gasteiger partial charge in [0, 0.05) is 7.05 Å². The number of carbonyl (C=O) groups excluding carboxylic acids is 2. The van der Waals surface area contributed by atoms with E-state index in [-0.39, 0.29) is 12.5 Å². The quantitative estimate of drug-likeness (QED) is 0.555. The lowest BCUT2D eigenvalue weighted by atomic mass is 10.3. The fourth-order valence-corrected chi connectivity index (χ4v) is 0.684. The van der Waals surface area contributed by atoms with Gasteiger partial charge in [0.15, 0.2) is 0 Å². The topological polar surface area (TPSA) is 72.6 Å². The van der Waals surface area contributed by atoms with Crippen LogP contribution in [0.2, 0.25) is 0 Å². The molecular weight excluding hydrogens is 160 g/mol. The van der Waals surface area contributed by atoms with Crippen LogP contribution in [0.25, 0.3) is 0 Å². The first-order valence-corrected chi connectivity index (χ1v) is 3.56. The summed E-state index contributed by atoms with van der Waals surface area (Å²) in [5, 5.41) is 0. The molecule has 0 rings (SSSR count). The predicted octanol–water partition coefficient (Wildman–Crippen LogP) is -1.03. The summed E-state index contributed by atoms with van der Waals surface area (Å²) in [5.74, 6) is -0.730. The SMILES string of the molecule is COC(=O)CN(C)C(=O)C(C)N. The lowest BCUT2D eigenvalue weighted by molar-refractivity contribution is -0.146. The molecule has 0 aliphatic rings. The Morgan fingerprint density at radius 1 is 1.58 bits per heavy atom. The highest BCUT2D eigenvalue weighted by molar-refractivity contribution is 5.84. The van der Waals surface area contributed by atoms with Crippen molar-refractivity contribution in [1.29, 1.82) is 0 Å². The number of hydrogen-bond acceptors (Lipinski definition) is 4. The second-order valence-electron chi connectivity index (χ2n) is 2.56. The first kappa shape index (κ1) is 10.9. The average molecular weight is 174 g/mol. The molecule has 0 fully saturated rings. The highest BCUT2D eigenvalue weighted by Crippen LogP contribution is 1.89. The summed E-state index contributed by atoms with van der Waals surface area (Å²) in [6, 6.07) is -0.584. The highest BCUT2D eigenvalue weighted by atomic mass is 16.5. The molecule has 1 atom stereocenters. The Morgan fingerprint density at radius 2 is 2.08 bits per heavy atom. The zero-order valence-electron chi connectivity index (χ0n) is 7.53. The van der Waals surface area contributed by atoms with Crippen LogP contribution in [-0.4, -0.2) is 43.5 Å². The van der Waals surface area contributed by atoms with Gasteiger partial charge < -0.3 is 15.4 Å². The summed E-state index contributed by atoms with van der Waals surface area (Å²) in [6.07, 6.45) is 0. The van der Waals surface area contributed by atoms with E-state index < -0.39 is 12.0 Å². The van der Waals surface area contributed by atoms with Gasteiger partial charge in [-0.2, -0.15) is 0 Å². The van der Waals surface area contributed by atoms with Crippen LogP contribution >= 0.6 is 0 Å². The van der Waals surface area contributed by atoms with Gasteiger partial charge in [0.1, 0.15) is 6.54 Å². The van der Waals surface area contributed by atoms with Crippen LogP contribution in [0.1, 0.15) is 6.92 Å². The van der Waals surface area contributed by atoms with Crippen molar-refractivity contribution in [2.24, 2.45) is 5.73 Å². The van der Waals surface area contributed by atoms with Crippen molar-refractivity contribution < 1.29 is 14.3 Å². The minimum Gasteiger partial charge on any atom is -0.468 e. The van der Waals surface area contributed by atoms with Gasteiger partial charge in [-0.25, -0.2) is 0 Å². The number of likely N-dealkylation sites (N-methyl/N-ethyl adjacent to an activating group) is 1. The molecule has 0 spiro atoms. The Morgan fingerprint density at radius 3 is 2.42 bits per heavy atom. The smallest absolute Gasteiger partial charge is 0.325 e. The molecule has 0 aliphatic carbocycles. The Balaban J connectivity index is 3.95. The number of methoxy groups -OCH3 is 1. The number of hydrogen-bond donors (Lipinski definition) is 1. The summed E-state index contributed by atoms with van der Waals surface area (Å²) < 4.78 is 4.38. The number of nitrogens with zero attached hydrogens (tertiary/aromatic N) is 1. The molecule has 2 N–H and O–H groups in total. The van der Waals surface area contributed by atoms with Gasteiger partial charge >= 0.3 is 5.97 Å². The number of rotatable bonds is 3. The van der Waals surface area contributed by atoms with Gasteiger partial charge in [0.2, 0.25) is 5.91 Å². The van der Waals surface area contributed by atoms with Crippen molar-refractivity contribution in [3.63, 3.8) is 0 Å². The monoisotopic (exact) mass is 174 g/mol. The van der Waals surface area contributed by atoms with Gasteiger partial charge in [-0.1, -0.05) is 0 Å². The van der Waals surface area contributed by atoms with Gasteiger partial charge in [0.05, 0.1) is 13.2 Å². The number of nitrogens with two attached hydrogens (primary N) is 1. The Hall–Kier alpha value is -1.10. The maximum atomic E-state index is 11.1. The van der Waals surface area contributed by atoms with Crippen molar-refractivity contribution in [2.75, 3.05) is 20.7 Å². The van der Waals surface area contributed by atoms with Crippen LogP contribution in [0.3, 0.4) is 0 Å². The van der Waals surface area contributed by atoms with E-state index >= 15 is 0 Å². The second-order valence-corrected chi connectivity index (χ2v) is 2.56. The van der Waals surface area contributed by atoms with Crippen LogP contribution in [0.15, 0.2) is 0 Å². The lowest BCUT2D eigenvalue weighted by Gasteiger charge is -2.17. The van der Waals surface area contributed by atoms with Crippen molar-refractivity contribution in [3.8, 4) is 0 Å². The minimum atomic E-state index is -0.584. The molecular formula is C7H14N2O3. The van der Waals surface area contributed by atoms with Gasteiger partial charge in [-0.15, -0.1) is 0 Å². The van der Waals surface area contributed by atoms with E-state index in [0.29, 0.717) is 0 Å². The van der Waals surface area contributed by atoms with Gasteiger partial charge in [-0.05, 0) is 6.92 Å². The van der Waals surface area contributed by atoms with E-state index in [1.807, 2.05) is 0 Å². The van der Waals surface area contributed by atoms with E-state index in [1.165, 1.54) is 19.1 Å². The maximum absolute atomic E-state index is 11.1.